The molecule has 7 nitrogen and oxygen atoms in total. The van der Waals surface area contributed by atoms with E-state index in [1.165, 1.54) is 0 Å². The average molecular weight is 379 g/mol. The molecule has 1 aromatic carbocycles. The lowest BCUT2D eigenvalue weighted by atomic mass is 9.79. The van der Waals surface area contributed by atoms with Crippen molar-refractivity contribution in [1.82, 2.24) is 4.98 Å². The number of nitrogens with two attached hydrogens (primary N) is 1. The van der Waals surface area contributed by atoms with E-state index in [1.807, 2.05) is 19.1 Å². The highest BCUT2D eigenvalue weighted by Crippen LogP contribution is 2.43. The van der Waals surface area contributed by atoms with Crippen LogP contribution in [0.25, 0.3) is 11.1 Å². The Morgan fingerprint density at radius 2 is 2.07 bits per heavy atom. The van der Waals surface area contributed by atoms with Crippen LogP contribution in [0, 0.1) is 24.2 Å². The van der Waals surface area contributed by atoms with Crippen molar-refractivity contribution in [3.05, 3.63) is 34.5 Å². The Morgan fingerprint density at radius 3 is 2.75 bits per heavy atom. The number of nitrogen functional groups attached to an aromatic ring is 1. The van der Waals surface area contributed by atoms with E-state index in [-0.39, 0.29) is 18.2 Å². The van der Waals surface area contributed by atoms with Crippen molar-refractivity contribution < 1.29 is 19.4 Å². The third kappa shape index (κ3) is 3.11. The third-order valence-corrected chi connectivity index (χ3v) is 5.43. The molecule has 0 saturated carbocycles. The summed E-state index contributed by atoms with van der Waals surface area (Å²) in [5.74, 6) is 0.735. The first-order valence-electron chi connectivity index (χ1n) is 9.31. The molecule has 0 radical (unpaired) electrons. The van der Waals surface area contributed by atoms with E-state index in [1.54, 1.807) is 0 Å². The Kier molecular flexibility index (Phi) is 4.55. The SMILES string of the molecule is Cc1cc2c(cc1-c1c(C#N)c(N)nc3c1CC(CC(=O)O)CC3)OCCO2. The second kappa shape index (κ2) is 7.04. The highest BCUT2D eigenvalue weighted by molar-refractivity contribution is 5.83. The van der Waals surface area contributed by atoms with Crippen molar-refractivity contribution in [2.24, 2.45) is 5.92 Å². The number of anilines is 1. The van der Waals surface area contributed by atoms with E-state index in [2.05, 4.69) is 11.1 Å². The number of carbonyl (C=O) groups is 1. The zero-order valence-corrected chi connectivity index (χ0v) is 15.6. The van der Waals surface area contributed by atoms with Gasteiger partial charge in [-0.05, 0) is 60.9 Å². The first-order chi connectivity index (χ1) is 13.5. The lowest BCUT2D eigenvalue weighted by molar-refractivity contribution is -0.138. The second-order valence-corrected chi connectivity index (χ2v) is 7.30. The molecule has 1 unspecified atom stereocenters. The molecule has 0 amide bonds. The van der Waals surface area contributed by atoms with E-state index in [0.717, 1.165) is 34.4 Å². The van der Waals surface area contributed by atoms with E-state index in [9.17, 15) is 15.2 Å². The minimum atomic E-state index is -0.811. The number of hydrogen-bond acceptors (Lipinski definition) is 6. The van der Waals surface area contributed by atoms with Gasteiger partial charge in [-0.3, -0.25) is 4.79 Å². The van der Waals surface area contributed by atoms with Gasteiger partial charge >= 0.3 is 5.97 Å². The summed E-state index contributed by atoms with van der Waals surface area (Å²) < 4.78 is 11.4. The molecule has 1 atom stereocenters. The van der Waals surface area contributed by atoms with Crippen LogP contribution in [0.2, 0.25) is 0 Å². The predicted molar refractivity (Wildman–Crippen MR) is 102 cm³/mol. The zero-order chi connectivity index (χ0) is 19.8. The highest BCUT2D eigenvalue weighted by Gasteiger charge is 2.29. The van der Waals surface area contributed by atoms with Crippen LogP contribution in [-0.2, 0) is 17.6 Å². The zero-order valence-electron chi connectivity index (χ0n) is 15.6. The molecular weight excluding hydrogens is 358 g/mol. The number of ether oxygens (including phenoxy) is 2. The fourth-order valence-electron chi connectivity index (χ4n) is 4.14. The number of hydrogen-bond donors (Lipinski definition) is 2. The average Bonchev–Trinajstić information content (AvgIpc) is 2.66. The molecule has 28 heavy (non-hydrogen) atoms. The molecule has 2 aliphatic rings. The number of nitrogens with zero attached hydrogens (tertiary/aromatic N) is 2. The molecule has 144 valence electrons. The number of nitriles is 1. The summed E-state index contributed by atoms with van der Waals surface area (Å²) in [6.07, 6.45) is 2.06. The Labute approximate surface area is 162 Å². The summed E-state index contributed by atoms with van der Waals surface area (Å²) >= 11 is 0. The van der Waals surface area contributed by atoms with Crippen LogP contribution in [0.1, 0.15) is 35.2 Å². The lowest BCUT2D eigenvalue weighted by Gasteiger charge is -2.27. The smallest absolute Gasteiger partial charge is 0.303 e. The van der Waals surface area contributed by atoms with Crippen molar-refractivity contribution in [3.63, 3.8) is 0 Å². The number of rotatable bonds is 3. The van der Waals surface area contributed by atoms with Gasteiger partial charge in [-0.25, -0.2) is 4.98 Å². The van der Waals surface area contributed by atoms with Gasteiger partial charge in [-0.1, -0.05) is 0 Å². The maximum absolute atomic E-state index is 11.2. The van der Waals surface area contributed by atoms with Crippen molar-refractivity contribution in [2.75, 3.05) is 18.9 Å². The maximum Gasteiger partial charge on any atom is 0.303 e. The van der Waals surface area contributed by atoms with Crippen LogP contribution in [0.15, 0.2) is 12.1 Å². The van der Waals surface area contributed by atoms with Gasteiger partial charge in [0.1, 0.15) is 30.7 Å². The minimum Gasteiger partial charge on any atom is -0.486 e. The normalized spacial score (nSPS) is 17.5. The lowest BCUT2D eigenvalue weighted by Crippen LogP contribution is -2.21. The van der Waals surface area contributed by atoms with Crippen molar-refractivity contribution in [1.29, 1.82) is 5.26 Å². The van der Waals surface area contributed by atoms with Gasteiger partial charge < -0.3 is 20.3 Å². The van der Waals surface area contributed by atoms with E-state index in [0.29, 0.717) is 43.1 Å². The number of aliphatic carboxylic acids is 1. The summed E-state index contributed by atoms with van der Waals surface area (Å²) in [4.78, 5) is 15.7. The number of benzene rings is 1. The number of pyridine rings is 1. The first kappa shape index (κ1) is 18.1. The van der Waals surface area contributed by atoms with E-state index >= 15 is 0 Å². The molecule has 1 aliphatic carbocycles. The Hall–Kier alpha value is -3.27. The predicted octanol–water partition coefficient (Wildman–Crippen LogP) is 2.86. The van der Waals surface area contributed by atoms with Crippen molar-refractivity contribution in [2.45, 2.75) is 32.6 Å². The molecular formula is C21H21N3O4. The number of aryl methyl sites for hydroxylation is 2. The summed E-state index contributed by atoms with van der Waals surface area (Å²) in [6.45, 7) is 2.93. The largest absolute Gasteiger partial charge is 0.486 e. The van der Waals surface area contributed by atoms with Crippen LogP contribution in [-0.4, -0.2) is 29.3 Å². The number of aromatic nitrogens is 1. The number of carboxylic acid groups (broad SMARTS) is 1. The van der Waals surface area contributed by atoms with Crippen molar-refractivity contribution in [3.8, 4) is 28.7 Å². The summed E-state index contributed by atoms with van der Waals surface area (Å²) in [6, 6.07) is 6.00. The Bertz CT molecular complexity index is 1010. The minimum absolute atomic E-state index is 0.0123. The summed E-state index contributed by atoms with van der Waals surface area (Å²) in [7, 11) is 0. The molecule has 1 aromatic heterocycles. The van der Waals surface area contributed by atoms with Crippen LogP contribution in [0.4, 0.5) is 5.82 Å². The fraction of sp³-hybridized carbons (Fsp3) is 0.381. The Balaban J connectivity index is 1.91. The van der Waals surface area contributed by atoms with Crippen LogP contribution >= 0.6 is 0 Å². The standard InChI is InChI=1S/C21H21N3O4/c1-11-6-17-18(28-5-4-27-17)9-13(11)20-14-7-12(8-19(25)26)2-3-16(14)24-21(23)15(20)10-22/h6,9,12H,2-5,7-8H2,1H3,(H2,23,24)(H,25,26). The van der Waals surface area contributed by atoms with Crippen molar-refractivity contribution >= 4 is 11.8 Å². The topological polar surface area (TPSA) is 118 Å². The van der Waals surface area contributed by atoms with Crippen LogP contribution in [0.3, 0.4) is 0 Å². The van der Waals surface area contributed by atoms with Gasteiger partial charge in [0.2, 0.25) is 0 Å². The Morgan fingerprint density at radius 1 is 1.36 bits per heavy atom. The molecule has 3 N–H and O–H groups in total. The van der Waals surface area contributed by atoms with Gasteiger partial charge in [-0.2, -0.15) is 5.26 Å². The quantitative estimate of drug-likeness (QED) is 0.841. The van der Waals surface area contributed by atoms with E-state index < -0.39 is 5.97 Å². The molecule has 4 rings (SSSR count). The highest BCUT2D eigenvalue weighted by atomic mass is 16.6. The van der Waals surface area contributed by atoms with Gasteiger partial charge in [0.15, 0.2) is 11.5 Å². The molecule has 7 heteroatoms. The van der Waals surface area contributed by atoms with E-state index in [4.69, 9.17) is 15.2 Å². The monoisotopic (exact) mass is 379 g/mol. The molecule has 0 spiro atoms. The molecule has 1 aliphatic heterocycles. The first-order valence-corrected chi connectivity index (χ1v) is 9.31. The van der Waals surface area contributed by atoms with Gasteiger partial charge in [0.05, 0.1) is 0 Å². The van der Waals surface area contributed by atoms with Gasteiger partial charge in [-0.15, -0.1) is 0 Å². The summed E-state index contributed by atoms with van der Waals surface area (Å²) in [5, 5.41) is 19.0. The number of carboxylic acids is 1. The fourth-order valence-corrected chi connectivity index (χ4v) is 4.14. The number of fused-ring (bicyclic) bond motifs is 2. The van der Waals surface area contributed by atoms with Crippen LogP contribution < -0.4 is 15.2 Å². The van der Waals surface area contributed by atoms with Crippen LogP contribution in [0.5, 0.6) is 11.5 Å². The molecule has 2 heterocycles. The van der Waals surface area contributed by atoms with Gasteiger partial charge in [0, 0.05) is 17.7 Å². The molecule has 2 aromatic rings. The second-order valence-electron chi connectivity index (χ2n) is 7.30. The third-order valence-electron chi connectivity index (χ3n) is 5.43. The molecule has 0 saturated heterocycles. The van der Waals surface area contributed by atoms with Gasteiger partial charge in [0.25, 0.3) is 0 Å². The molecule has 0 bridgehead atoms. The molecule has 0 fully saturated rings. The maximum atomic E-state index is 11.2. The summed E-state index contributed by atoms with van der Waals surface area (Å²) in [5.41, 5.74) is 10.7.